The maximum absolute atomic E-state index is 12.4. The molecular weight excluding hydrogens is 312 g/mol. The highest BCUT2D eigenvalue weighted by molar-refractivity contribution is 5.75. The number of nitrogens with two attached hydrogens (primary N) is 1. The van der Waals surface area contributed by atoms with E-state index in [1.807, 2.05) is 34.9 Å². The number of hydrogen-bond acceptors (Lipinski definition) is 3. The first-order valence-corrected chi connectivity index (χ1v) is 9.10. The molecular formula is C20H26N4O. The van der Waals surface area contributed by atoms with Crippen LogP contribution in [-0.2, 0) is 0 Å². The van der Waals surface area contributed by atoms with Crippen LogP contribution in [0.25, 0.3) is 11.0 Å². The monoisotopic (exact) mass is 338 g/mol. The van der Waals surface area contributed by atoms with Gasteiger partial charge in [0.2, 0.25) is 0 Å². The smallest absolute Gasteiger partial charge is 0.326 e. The Morgan fingerprint density at radius 2 is 1.96 bits per heavy atom. The number of aromatic nitrogens is 2. The molecule has 1 aliphatic heterocycles. The van der Waals surface area contributed by atoms with Crippen molar-refractivity contribution in [2.75, 3.05) is 13.1 Å². The molecule has 2 aromatic rings. The number of benzene rings is 1. The van der Waals surface area contributed by atoms with Gasteiger partial charge in [0.25, 0.3) is 0 Å². The van der Waals surface area contributed by atoms with Crippen molar-refractivity contribution in [2.24, 2.45) is 11.7 Å². The van der Waals surface area contributed by atoms with E-state index in [0.717, 1.165) is 42.7 Å². The van der Waals surface area contributed by atoms with E-state index in [1.54, 1.807) is 0 Å². The molecule has 1 fully saturated rings. The van der Waals surface area contributed by atoms with Crippen molar-refractivity contribution in [1.29, 1.82) is 0 Å². The lowest BCUT2D eigenvalue weighted by atomic mass is 9.78. The summed E-state index contributed by atoms with van der Waals surface area (Å²) in [7, 11) is 0. The Morgan fingerprint density at radius 1 is 1.24 bits per heavy atom. The van der Waals surface area contributed by atoms with Crippen LogP contribution in [0.4, 0.5) is 0 Å². The highest BCUT2D eigenvalue weighted by atomic mass is 16.1. The Morgan fingerprint density at radius 3 is 2.68 bits per heavy atom. The van der Waals surface area contributed by atoms with Gasteiger partial charge in [-0.1, -0.05) is 31.2 Å². The molecule has 5 nitrogen and oxygen atoms in total. The maximum Gasteiger partial charge on any atom is 0.326 e. The molecule has 3 N–H and O–H groups in total. The van der Waals surface area contributed by atoms with Gasteiger partial charge >= 0.3 is 5.69 Å². The van der Waals surface area contributed by atoms with Crippen LogP contribution in [0.5, 0.6) is 0 Å². The standard InChI is InChI=1S/C20H26N4O/c1-14-6-5-9-18(21)20(14,2)23-12-10-15(11-13-23)24-17-8-4-3-7-16(17)22-19(24)25/h3-9,14-15H,10-13,21H2,1-2H3,(H,22,25)/t14?,20-/m0/s1. The number of rotatable bonds is 2. The second-order valence-electron chi connectivity index (χ2n) is 7.48. The van der Waals surface area contributed by atoms with Crippen LogP contribution >= 0.6 is 0 Å². The van der Waals surface area contributed by atoms with E-state index in [4.69, 9.17) is 5.73 Å². The minimum absolute atomic E-state index is 0.000704. The van der Waals surface area contributed by atoms with E-state index in [-0.39, 0.29) is 17.3 Å². The third-order valence-electron chi connectivity index (χ3n) is 6.26. The molecule has 1 aromatic carbocycles. The third-order valence-corrected chi connectivity index (χ3v) is 6.26. The van der Waals surface area contributed by atoms with Crippen molar-refractivity contribution >= 4 is 11.0 Å². The molecule has 1 aliphatic carbocycles. The van der Waals surface area contributed by atoms with Crippen molar-refractivity contribution in [1.82, 2.24) is 14.5 Å². The molecule has 5 heteroatoms. The molecule has 2 atom stereocenters. The lowest BCUT2D eigenvalue weighted by Crippen LogP contribution is -2.57. The summed E-state index contributed by atoms with van der Waals surface area (Å²) in [5, 5.41) is 0. The van der Waals surface area contributed by atoms with Crippen LogP contribution in [0.3, 0.4) is 0 Å². The summed E-state index contributed by atoms with van der Waals surface area (Å²) in [5.41, 5.74) is 9.09. The Balaban J connectivity index is 1.58. The van der Waals surface area contributed by atoms with Crippen molar-refractivity contribution in [3.8, 4) is 0 Å². The van der Waals surface area contributed by atoms with E-state index in [1.165, 1.54) is 0 Å². The topological polar surface area (TPSA) is 67.0 Å². The van der Waals surface area contributed by atoms with Gasteiger partial charge < -0.3 is 10.7 Å². The number of hydrogen-bond donors (Lipinski definition) is 2. The van der Waals surface area contributed by atoms with Crippen molar-refractivity contribution < 1.29 is 0 Å². The number of allylic oxidation sites excluding steroid dienone is 2. The molecule has 132 valence electrons. The van der Waals surface area contributed by atoms with Crippen LogP contribution < -0.4 is 11.4 Å². The van der Waals surface area contributed by atoms with Gasteiger partial charge in [-0.2, -0.15) is 0 Å². The number of likely N-dealkylation sites (tertiary alicyclic amines) is 1. The second-order valence-corrected chi connectivity index (χ2v) is 7.48. The molecule has 2 aliphatic rings. The fraction of sp³-hybridized carbons (Fsp3) is 0.450. The van der Waals surface area contributed by atoms with E-state index in [2.05, 4.69) is 35.9 Å². The number of H-pyrrole nitrogens is 1. The van der Waals surface area contributed by atoms with E-state index >= 15 is 0 Å². The maximum atomic E-state index is 12.4. The zero-order valence-corrected chi connectivity index (χ0v) is 14.9. The molecule has 1 aromatic heterocycles. The average molecular weight is 338 g/mol. The first-order chi connectivity index (χ1) is 12.0. The summed E-state index contributed by atoms with van der Waals surface area (Å²) < 4.78 is 1.94. The predicted molar refractivity (Wildman–Crippen MR) is 101 cm³/mol. The van der Waals surface area contributed by atoms with Crippen LogP contribution in [-0.4, -0.2) is 33.1 Å². The average Bonchev–Trinajstić information content (AvgIpc) is 2.95. The Labute approximate surface area is 147 Å². The minimum atomic E-state index is -0.134. The Hall–Kier alpha value is -2.27. The molecule has 0 amide bonds. The number of aromatic amines is 1. The van der Waals surface area contributed by atoms with Gasteiger partial charge in [0.1, 0.15) is 0 Å². The van der Waals surface area contributed by atoms with Crippen molar-refractivity contribution in [3.05, 3.63) is 58.7 Å². The van der Waals surface area contributed by atoms with Gasteiger partial charge in [-0.05, 0) is 43.9 Å². The highest BCUT2D eigenvalue weighted by Crippen LogP contribution is 2.37. The quantitative estimate of drug-likeness (QED) is 0.885. The van der Waals surface area contributed by atoms with Crippen molar-refractivity contribution in [2.45, 2.75) is 38.3 Å². The largest absolute Gasteiger partial charge is 0.401 e. The molecule has 1 unspecified atom stereocenters. The number of para-hydroxylation sites is 2. The summed E-state index contributed by atoms with van der Waals surface area (Å²) >= 11 is 0. The summed E-state index contributed by atoms with van der Waals surface area (Å²) in [4.78, 5) is 17.9. The fourth-order valence-electron chi connectivity index (χ4n) is 4.44. The third kappa shape index (κ3) is 2.45. The SMILES string of the molecule is CC1C=CC=C(N)[C@@]1(C)N1CCC(n2c(=O)[nH]c3ccccc32)CC1. The number of piperidine rings is 1. The normalized spacial score (nSPS) is 28.4. The first-order valence-electron chi connectivity index (χ1n) is 9.10. The zero-order valence-electron chi connectivity index (χ0n) is 14.9. The fourth-order valence-corrected chi connectivity index (χ4v) is 4.44. The molecule has 0 spiro atoms. The predicted octanol–water partition coefficient (Wildman–Crippen LogP) is 2.77. The Bertz CT molecular complexity index is 898. The number of imidazole rings is 1. The molecule has 0 radical (unpaired) electrons. The van der Waals surface area contributed by atoms with Crippen LogP contribution in [0.1, 0.15) is 32.7 Å². The van der Waals surface area contributed by atoms with Gasteiger partial charge in [0, 0.05) is 24.8 Å². The zero-order chi connectivity index (χ0) is 17.6. The number of nitrogens with one attached hydrogen (secondary N) is 1. The summed E-state index contributed by atoms with van der Waals surface area (Å²) in [6.45, 7) is 6.36. The van der Waals surface area contributed by atoms with Crippen LogP contribution in [0.15, 0.2) is 53.0 Å². The summed E-state index contributed by atoms with van der Waals surface area (Å²) in [5.74, 6) is 0.380. The molecule has 25 heavy (non-hydrogen) atoms. The van der Waals surface area contributed by atoms with Gasteiger partial charge in [-0.15, -0.1) is 0 Å². The summed E-state index contributed by atoms with van der Waals surface area (Å²) in [6.07, 6.45) is 8.23. The van der Waals surface area contributed by atoms with Gasteiger partial charge in [0.05, 0.1) is 16.6 Å². The van der Waals surface area contributed by atoms with Gasteiger partial charge in [0.15, 0.2) is 0 Å². The summed E-state index contributed by atoms with van der Waals surface area (Å²) in [6, 6.07) is 8.17. The van der Waals surface area contributed by atoms with E-state index < -0.39 is 0 Å². The molecule has 1 saturated heterocycles. The first kappa shape index (κ1) is 16.2. The number of fused-ring (bicyclic) bond motifs is 1. The minimum Gasteiger partial charge on any atom is -0.401 e. The molecule has 0 bridgehead atoms. The number of nitrogens with zero attached hydrogens (tertiary/aromatic N) is 2. The highest BCUT2D eigenvalue weighted by Gasteiger charge is 2.41. The Kier molecular flexibility index (Phi) is 3.84. The van der Waals surface area contributed by atoms with Crippen LogP contribution in [0.2, 0.25) is 0 Å². The second kappa shape index (κ2) is 5.92. The molecule has 0 saturated carbocycles. The van der Waals surface area contributed by atoms with Gasteiger partial charge in [-0.3, -0.25) is 9.47 Å². The van der Waals surface area contributed by atoms with Crippen LogP contribution in [0, 0.1) is 5.92 Å². The van der Waals surface area contributed by atoms with E-state index in [0.29, 0.717) is 5.92 Å². The lowest BCUT2D eigenvalue weighted by molar-refractivity contribution is 0.0624. The lowest BCUT2D eigenvalue weighted by Gasteiger charge is -2.49. The van der Waals surface area contributed by atoms with Gasteiger partial charge in [-0.25, -0.2) is 4.79 Å². The van der Waals surface area contributed by atoms with E-state index in [9.17, 15) is 4.79 Å². The van der Waals surface area contributed by atoms with Crippen molar-refractivity contribution in [3.63, 3.8) is 0 Å². The molecule has 2 heterocycles. The molecule has 4 rings (SSSR count).